The Hall–Kier alpha value is -1.65. The average molecular weight is 529 g/mol. The fraction of sp³-hybridized carbons (Fsp3) is 0.235. The monoisotopic (exact) mass is 528 g/mol. The molecule has 0 aliphatic rings. The van der Waals surface area contributed by atoms with E-state index in [4.69, 9.17) is 0 Å². The van der Waals surface area contributed by atoms with Gasteiger partial charge in [0.25, 0.3) is 0 Å². The summed E-state index contributed by atoms with van der Waals surface area (Å²) < 4.78 is 155. The van der Waals surface area contributed by atoms with Crippen LogP contribution in [-0.4, -0.2) is 3.21 Å². The third kappa shape index (κ3) is 5.73. The zero-order valence-electron chi connectivity index (χ0n) is 14.0. The van der Waals surface area contributed by atoms with E-state index in [-0.39, 0.29) is 60.6 Å². The van der Waals surface area contributed by atoms with Gasteiger partial charge in [0, 0.05) is 0 Å². The molecule has 0 radical (unpaired) electrons. The predicted molar refractivity (Wildman–Crippen MR) is 76.1 cm³/mol. The van der Waals surface area contributed by atoms with Crippen molar-refractivity contribution < 1.29 is 76.9 Å². The van der Waals surface area contributed by atoms with Gasteiger partial charge in [0.05, 0.1) is 0 Å². The number of alkyl halides is 12. The van der Waals surface area contributed by atoms with Gasteiger partial charge in [-0.2, -0.15) is 0 Å². The molecule has 160 valence electrons. The zero-order chi connectivity index (χ0) is 23.3. The van der Waals surface area contributed by atoms with Crippen LogP contribution in [0.5, 0.6) is 0 Å². The molecule has 0 aliphatic heterocycles. The van der Waals surface area contributed by atoms with Crippen LogP contribution in [0.15, 0.2) is 36.4 Å². The molecule has 0 unspecified atom stereocenters. The van der Waals surface area contributed by atoms with E-state index in [1.807, 2.05) is 0 Å². The number of halogens is 12. The first kappa shape index (κ1) is 24.6. The summed E-state index contributed by atoms with van der Waals surface area (Å²) in [6.07, 6.45) is -20.9. The summed E-state index contributed by atoms with van der Waals surface area (Å²) in [5.74, 6) is 0. The van der Waals surface area contributed by atoms with Gasteiger partial charge in [-0.15, -0.1) is 0 Å². The van der Waals surface area contributed by atoms with Gasteiger partial charge < -0.3 is 0 Å². The molecular weight excluding hydrogens is 523 g/mol. The van der Waals surface area contributed by atoms with Crippen molar-refractivity contribution in [3.05, 3.63) is 69.8 Å². The van der Waals surface area contributed by atoms with E-state index < -0.39 is 61.3 Å². The molecule has 0 saturated heterocycles. The maximum atomic E-state index is 13.0. The molecule has 13 heteroatoms. The first-order chi connectivity index (χ1) is 13.3. The van der Waals surface area contributed by atoms with Gasteiger partial charge in [-0.1, -0.05) is 0 Å². The van der Waals surface area contributed by atoms with Crippen LogP contribution in [0.1, 0.15) is 33.4 Å². The number of benzene rings is 2. The van der Waals surface area contributed by atoms with Gasteiger partial charge in [-0.25, -0.2) is 0 Å². The first-order valence-electron chi connectivity index (χ1n) is 7.48. The molecule has 0 bridgehead atoms. The Morgan fingerprint density at radius 1 is 0.433 bits per heavy atom. The van der Waals surface area contributed by atoms with Crippen LogP contribution in [0.2, 0.25) is 0 Å². The summed E-state index contributed by atoms with van der Waals surface area (Å²) in [7, 11) is 0. The fourth-order valence-electron chi connectivity index (χ4n) is 2.37. The molecule has 0 aromatic heterocycles. The summed E-state index contributed by atoms with van der Waals surface area (Å²) in [6.45, 7) is 0. The molecule has 0 aliphatic carbocycles. The van der Waals surface area contributed by atoms with Gasteiger partial charge in [0.1, 0.15) is 0 Å². The van der Waals surface area contributed by atoms with E-state index in [1.54, 1.807) is 0 Å². The topological polar surface area (TPSA) is 0 Å². The van der Waals surface area contributed by atoms with Gasteiger partial charge in [-0.05, 0) is 0 Å². The van der Waals surface area contributed by atoms with E-state index in [0.717, 1.165) is 0 Å². The molecule has 30 heavy (non-hydrogen) atoms. The summed E-state index contributed by atoms with van der Waals surface area (Å²) in [6, 6.07) is 0.583. The molecule has 0 amide bonds. The Labute approximate surface area is 174 Å². The molecule has 2 aromatic carbocycles. The number of hydrogen-bond acceptors (Lipinski definition) is 0. The summed E-state index contributed by atoms with van der Waals surface area (Å²) >= 11 is -0.00108. The van der Waals surface area contributed by atoms with Crippen molar-refractivity contribution in [2.45, 2.75) is 24.7 Å². The Morgan fingerprint density at radius 2 is 0.633 bits per heavy atom. The number of hydrogen-bond donors (Lipinski definition) is 0. The van der Waals surface area contributed by atoms with Crippen molar-refractivity contribution in [3.63, 3.8) is 0 Å². The summed E-state index contributed by atoms with van der Waals surface area (Å²) in [5.41, 5.74) is -8.54. The van der Waals surface area contributed by atoms with Crippen molar-refractivity contribution in [3.8, 4) is 0 Å². The van der Waals surface area contributed by atoms with Gasteiger partial charge in [0.2, 0.25) is 0 Å². The average Bonchev–Trinajstić information content (AvgIpc) is 2.57. The third-order valence-corrected chi connectivity index (χ3v) is 5.17. The molecule has 2 rings (SSSR count). The van der Waals surface area contributed by atoms with Crippen molar-refractivity contribution >= 4 is 3.21 Å². The van der Waals surface area contributed by atoms with Crippen LogP contribution < -0.4 is 0 Å². The fourth-order valence-corrected chi connectivity index (χ4v) is 3.07. The Morgan fingerprint density at radius 3 is 0.800 bits per heavy atom. The third-order valence-electron chi connectivity index (χ3n) is 3.75. The van der Waals surface area contributed by atoms with Crippen molar-refractivity contribution in [2.75, 3.05) is 0 Å². The van der Waals surface area contributed by atoms with Gasteiger partial charge in [-0.3, -0.25) is 0 Å². The van der Waals surface area contributed by atoms with E-state index in [1.165, 1.54) is 0 Å². The maximum absolute atomic E-state index is 13.0. The molecule has 0 atom stereocenters. The zero-order valence-corrected chi connectivity index (χ0v) is 16.5. The molecule has 2 aromatic rings. The van der Waals surface area contributed by atoms with Crippen LogP contribution in [-0.2, 0) is 48.9 Å². The Balaban J connectivity index is 2.73. The molecule has 0 spiro atoms. The van der Waals surface area contributed by atoms with Crippen LogP contribution >= 0.6 is 0 Å². The SMILES string of the molecule is FC(F)(F)c1cc([C](=[Zr+2])c2cc(C(F)(F)F)cc(C(F)(F)F)c2)cc(C(F)(F)F)c1. The van der Waals surface area contributed by atoms with E-state index in [0.29, 0.717) is 0 Å². The molecule has 0 heterocycles. The quantitative estimate of drug-likeness (QED) is 0.373. The molecule has 0 N–H and O–H groups in total. The second-order valence-electron chi connectivity index (χ2n) is 5.96. The van der Waals surface area contributed by atoms with Crippen molar-refractivity contribution in [2.24, 2.45) is 0 Å². The molecule has 0 saturated carbocycles. The normalized spacial score (nSPS) is 13.5. The van der Waals surface area contributed by atoms with Crippen molar-refractivity contribution in [1.29, 1.82) is 0 Å². The first-order valence-corrected chi connectivity index (χ1v) is 8.71. The van der Waals surface area contributed by atoms with E-state index >= 15 is 0 Å². The van der Waals surface area contributed by atoms with Crippen LogP contribution in [0.25, 0.3) is 0 Å². The van der Waals surface area contributed by atoms with Crippen LogP contribution in [0, 0.1) is 0 Å². The van der Waals surface area contributed by atoms with E-state index in [2.05, 4.69) is 0 Å². The van der Waals surface area contributed by atoms with Crippen LogP contribution in [0.3, 0.4) is 0 Å². The van der Waals surface area contributed by atoms with Gasteiger partial charge in [0.15, 0.2) is 0 Å². The second kappa shape index (κ2) is 7.80. The number of rotatable bonds is 2. The Bertz CT molecular complexity index is 819. The van der Waals surface area contributed by atoms with Crippen LogP contribution in [0.4, 0.5) is 52.7 Å². The minimum atomic E-state index is -5.22. The summed E-state index contributed by atoms with van der Waals surface area (Å²) in [5, 5.41) is 0. The molecular formula is C17H6F12Zr+2. The van der Waals surface area contributed by atoms with Gasteiger partial charge >= 0.3 is 175 Å². The van der Waals surface area contributed by atoms with E-state index in [9.17, 15) is 52.7 Å². The molecule has 0 nitrogen and oxygen atoms in total. The van der Waals surface area contributed by atoms with Crippen molar-refractivity contribution in [1.82, 2.24) is 0 Å². The minimum absolute atomic E-state index is 0.00108. The second-order valence-corrected chi connectivity index (χ2v) is 7.19. The Kier molecular flexibility index (Phi) is 6.40. The molecule has 0 fully saturated rings. The standard InChI is InChI=1S/C17H6F12.Zr/c18-14(19,20)10-2-8(3-11(6-10)15(21,22)23)1-9-4-12(16(24,25)26)7-13(5-9)17(27,28)29;/h2-7H;/q;+2. The summed E-state index contributed by atoms with van der Waals surface area (Å²) in [4.78, 5) is 0. The predicted octanol–water partition coefficient (Wildman–Crippen LogP) is 6.88.